The molecule has 3 heteroatoms. The molecule has 31 heavy (non-hydrogen) atoms. The van der Waals surface area contributed by atoms with Gasteiger partial charge < -0.3 is 9.84 Å². The molecule has 2 fully saturated rings. The Morgan fingerprint density at radius 2 is 2.03 bits per heavy atom. The largest absolute Gasteiger partial charge is 0.389 e. The molecule has 1 saturated carbocycles. The first-order valence-corrected chi connectivity index (χ1v) is 11.9. The van der Waals surface area contributed by atoms with Crippen LogP contribution in [-0.4, -0.2) is 27.4 Å². The van der Waals surface area contributed by atoms with Gasteiger partial charge in [-0.1, -0.05) is 43.4 Å². The number of benzene rings is 1. The first kappa shape index (κ1) is 18.4. The summed E-state index contributed by atoms with van der Waals surface area (Å²) < 4.78 is 7.13. The van der Waals surface area contributed by atoms with Gasteiger partial charge >= 0.3 is 0 Å². The van der Waals surface area contributed by atoms with E-state index in [0.29, 0.717) is 18.3 Å². The fourth-order valence-electron chi connectivity index (χ4n) is 7.91. The van der Waals surface area contributed by atoms with Crippen LogP contribution in [0.2, 0.25) is 0 Å². The van der Waals surface area contributed by atoms with Gasteiger partial charge in [-0.3, -0.25) is 4.98 Å². The van der Waals surface area contributed by atoms with Crippen molar-refractivity contribution in [1.82, 2.24) is 4.98 Å². The lowest BCUT2D eigenvalue weighted by molar-refractivity contribution is -0.135. The van der Waals surface area contributed by atoms with E-state index in [1.165, 1.54) is 40.3 Å². The highest BCUT2D eigenvalue weighted by Crippen LogP contribution is 2.68. The minimum absolute atomic E-state index is 0.172. The second-order valence-electron chi connectivity index (χ2n) is 10.8. The van der Waals surface area contributed by atoms with E-state index < -0.39 is 6.10 Å². The first-order chi connectivity index (χ1) is 15.0. The molecule has 2 aliphatic heterocycles. The number of hydrogen-bond donors (Lipinski definition) is 1. The van der Waals surface area contributed by atoms with E-state index in [-0.39, 0.29) is 16.6 Å². The predicted molar refractivity (Wildman–Crippen MR) is 122 cm³/mol. The van der Waals surface area contributed by atoms with Crippen molar-refractivity contribution in [2.45, 2.75) is 68.7 Å². The van der Waals surface area contributed by atoms with E-state index in [1.807, 2.05) is 18.5 Å². The van der Waals surface area contributed by atoms with Crippen LogP contribution in [0.15, 0.2) is 72.1 Å². The number of pyridine rings is 1. The fourth-order valence-corrected chi connectivity index (χ4v) is 7.91. The molecule has 1 saturated heterocycles. The van der Waals surface area contributed by atoms with Gasteiger partial charge in [0.15, 0.2) is 0 Å². The van der Waals surface area contributed by atoms with Gasteiger partial charge in [0, 0.05) is 24.2 Å². The third-order valence-electron chi connectivity index (χ3n) is 9.37. The lowest BCUT2D eigenvalue weighted by Gasteiger charge is -2.53. The molecule has 3 nitrogen and oxygen atoms in total. The Balaban J connectivity index is 1.32. The highest BCUT2D eigenvalue weighted by atomic mass is 16.5. The topological polar surface area (TPSA) is 42.4 Å². The Morgan fingerprint density at radius 3 is 2.97 bits per heavy atom. The van der Waals surface area contributed by atoms with Crippen LogP contribution < -0.4 is 0 Å². The summed E-state index contributed by atoms with van der Waals surface area (Å²) >= 11 is 0. The Kier molecular flexibility index (Phi) is 3.53. The number of fused-ring (bicyclic) bond motifs is 2. The molecule has 1 N–H and O–H groups in total. The van der Waals surface area contributed by atoms with Gasteiger partial charge in [-0.15, -0.1) is 0 Å². The number of aromatic nitrogens is 1. The molecule has 3 aliphatic carbocycles. The van der Waals surface area contributed by atoms with Crippen molar-refractivity contribution in [2.75, 3.05) is 0 Å². The molecule has 5 aliphatic rings. The standard InChI is InChI=1S/C28H29NO2/c1-26-10-8-22-15-21-4-5-23(30)16-27(21)11-12-28(22,31-27)25(26)7-6-24(26)19-3-2-18-9-13-29-17-20(18)14-19/h2-5,8-9,13-15,17,23-25,30H,6-7,10-12,16H2,1H3/t23-,24-,25-,26-,27-,28-/m1/s1. The normalized spacial score (nSPS) is 42.6. The van der Waals surface area contributed by atoms with Crippen LogP contribution in [0.5, 0.6) is 0 Å². The van der Waals surface area contributed by atoms with Crippen LogP contribution in [0.25, 0.3) is 10.8 Å². The number of ether oxygens (including phenoxy) is 1. The first-order valence-electron chi connectivity index (χ1n) is 11.9. The maximum Gasteiger partial charge on any atom is 0.0975 e. The highest BCUT2D eigenvalue weighted by molar-refractivity contribution is 5.82. The molecule has 3 heterocycles. The molecule has 2 bridgehead atoms. The second kappa shape index (κ2) is 5.96. The maximum absolute atomic E-state index is 10.4. The van der Waals surface area contributed by atoms with E-state index in [9.17, 15) is 5.11 Å². The molecule has 0 unspecified atom stereocenters. The zero-order valence-corrected chi connectivity index (χ0v) is 18.1. The lowest BCUT2D eigenvalue weighted by Crippen LogP contribution is -2.53. The average molecular weight is 412 g/mol. The third kappa shape index (κ3) is 2.29. The van der Waals surface area contributed by atoms with Crippen molar-refractivity contribution < 1.29 is 9.84 Å². The summed E-state index contributed by atoms with van der Waals surface area (Å²) in [6.45, 7) is 2.51. The molecule has 1 aromatic carbocycles. The van der Waals surface area contributed by atoms with E-state index >= 15 is 0 Å². The van der Waals surface area contributed by atoms with Crippen LogP contribution in [0.3, 0.4) is 0 Å². The molecule has 0 radical (unpaired) electrons. The molecule has 6 atom stereocenters. The van der Waals surface area contributed by atoms with Gasteiger partial charge in [0.2, 0.25) is 0 Å². The van der Waals surface area contributed by atoms with E-state index in [2.05, 4.69) is 54.4 Å². The number of aliphatic hydroxyl groups is 1. The molecule has 2 aromatic rings. The number of aliphatic hydroxyl groups excluding tert-OH is 1. The van der Waals surface area contributed by atoms with Gasteiger partial charge in [0.25, 0.3) is 0 Å². The van der Waals surface area contributed by atoms with Crippen LogP contribution >= 0.6 is 0 Å². The quantitative estimate of drug-likeness (QED) is 0.663. The van der Waals surface area contributed by atoms with Crippen LogP contribution in [0, 0.1) is 11.3 Å². The van der Waals surface area contributed by atoms with Gasteiger partial charge in [-0.25, -0.2) is 0 Å². The Bertz CT molecular complexity index is 1190. The summed E-state index contributed by atoms with van der Waals surface area (Å²) in [5, 5.41) is 12.9. The van der Waals surface area contributed by atoms with Gasteiger partial charge in [0.05, 0.1) is 17.3 Å². The van der Waals surface area contributed by atoms with Gasteiger partial charge in [-0.05, 0) is 83.6 Å². The number of allylic oxidation sites excluding steroid dienone is 1. The molecular formula is C28H29NO2. The van der Waals surface area contributed by atoms with Crippen LogP contribution in [0.4, 0.5) is 0 Å². The molecule has 1 aromatic heterocycles. The van der Waals surface area contributed by atoms with Crippen molar-refractivity contribution in [3.05, 3.63) is 77.7 Å². The van der Waals surface area contributed by atoms with Gasteiger partial charge in [0.1, 0.15) is 0 Å². The summed E-state index contributed by atoms with van der Waals surface area (Å²) in [7, 11) is 0. The minimum atomic E-state index is -0.393. The van der Waals surface area contributed by atoms with E-state index in [4.69, 9.17) is 4.74 Å². The van der Waals surface area contributed by atoms with Crippen molar-refractivity contribution in [2.24, 2.45) is 11.3 Å². The third-order valence-corrected chi connectivity index (χ3v) is 9.37. The van der Waals surface area contributed by atoms with E-state index in [0.717, 1.165) is 19.3 Å². The van der Waals surface area contributed by atoms with Crippen LogP contribution in [-0.2, 0) is 4.74 Å². The summed E-state index contributed by atoms with van der Waals surface area (Å²) in [6, 6.07) is 9.07. The molecular weight excluding hydrogens is 382 g/mol. The zero-order valence-electron chi connectivity index (χ0n) is 18.1. The predicted octanol–water partition coefficient (Wildman–Crippen LogP) is 5.61. The van der Waals surface area contributed by atoms with Crippen LogP contribution in [0.1, 0.15) is 56.9 Å². The SMILES string of the molecule is C[C@]12CC=C3C=C4C=C[C@@H](O)C[C@]45CC[C@]3(O5)[C@@H]1CC[C@@H]2c1ccc2ccncc2c1. The average Bonchev–Trinajstić information content (AvgIpc) is 3.28. The Hall–Kier alpha value is -2.23. The van der Waals surface area contributed by atoms with Crippen molar-refractivity contribution >= 4 is 10.8 Å². The smallest absolute Gasteiger partial charge is 0.0975 e. The van der Waals surface area contributed by atoms with Crippen molar-refractivity contribution in [3.63, 3.8) is 0 Å². The second-order valence-corrected chi connectivity index (χ2v) is 10.8. The fraction of sp³-hybridized carbons (Fsp3) is 0.464. The lowest BCUT2D eigenvalue weighted by atomic mass is 9.58. The minimum Gasteiger partial charge on any atom is -0.389 e. The van der Waals surface area contributed by atoms with Crippen molar-refractivity contribution in [1.29, 1.82) is 0 Å². The molecule has 7 rings (SSSR count). The molecule has 158 valence electrons. The summed E-state index contributed by atoms with van der Waals surface area (Å²) in [4.78, 5) is 4.35. The summed E-state index contributed by atoms with van der Waals surface area (Å²) in [5.41, 5.74) is 3.87. The number of nitrogens with zero attached hydrogens (tertiary/aromatic N) is 1. The molecule has 2 spiro atoms. The number of hydrogen-bond acceptors (Lipinski definition) is 3. The summed E-state index contributed by atoms with van der Waals surface area (Å²) in [5.74, 6) is 1.06. The Labute approximate surface area is 183 Å². The molecule has 0 amide bonds. The summed E-state index contributed by atoms with van der Waals surface area (Å²) in [6.07, 6.45) is 18.7. The Morgan fingerprint density at radius 1 is 1.10 bits per heavy atom. The van der Waals surface area contributed by atoms with Gasteiger partial charge in [-0.2, -0.15) is 0 Å². The van der Waals surface area contributed by atoms with E-state index in [1.54, 1.807) is 0 Å². The van der Waals surface area contributed by atoms with Crippen molar-refractivity contribution in [3.8, 4) is 0 Å². The maximum atomic E-state index is 10.4. The monoisotopic (exact) mass is 411 g/mol. The zero-order chi connectivity index (χ0) is 20.8. The number of rotatable bonds is 1. The highest BCUT2D eigenvalue weighted by Gasteiger charge is 2.66.